The van der Waals surface area contributed by atoms with E-state index < -0.39 is 34.5 Å². The minimum absolute atomic E-state index is 0.277. The Hall–Kier alpha value is -0.960. The molecule has 0 unspecified atom stereocenters. The number of nitrogens with zero attached hydrogens (tertiary/aromatic N) is 1. The number of hydrogen-bond donors (Lipinski definition) is 3. The summed E-state index contributed by atoms with van der Waals surface area (Å²) >= 11 is 3.20. The molecule has 1 fully saturated rings. The molecule has 0 aliphatic carbocycles. The smallest absolute Gasteiger partial charge is 0.330 e. The second-order valence-electron chi connectivity index (χ2n) is 4.16. The van der Waals surface area contributed by atoms with E-state index >= 15 is 0 Å². The number of aliphatic hydroxyl groups is 2. The first-order chi connectivity index (χ1) is 8.45. The van der Waals surface area contributed by atoms with Gasteiger partial charge in [-0.05, 0) is 6.92 Å². The maximum atomic E-state index is 11.7. The average Bonchev–Trinajstić information content (AvgIpc) is 2.61. The summed E-state index contributed by atoms with van der Waals surface area (Å²) in [5.41, 5.74) is -0.797. The molecule has 1 aromatic rings. The molecule has 7 nitrogen and oxygen atoms in total. The Bertz CT molecular complexity index is 554. The number of halogens is 1. The number of alkyl halides is 1. The normalized spacial score (nSPS) is 31.8. The van der Waals surface area contributed by atoms with E-state index in [1.54, 1.807) is 6.92 Å². The van der Waals surface area contributed by atoms with Crippen molar-refractivity contribution in [1.29, 1.82) is 0 Å². The van der Waals surface area contributed by atoms with Gasteiger partial charge in [0.2, 0.25) is 0 Å². The van der Waals surface area contributed by atoms with Crippen molar-refractivity contribution in [3.05, 3.63) is 32.6 Å². The molecular formula is C10H13BrN2O5. The minimum Gasteiger partial charge on any atom is -0.394 e. The molecule has 100 valence electrons. The van der Waals surface area contributed by atoms with Crippen LogP contribution in [0.1, 0.15) is 11.8 Å². The lowest BCUT2D eigenvalue weighted by Crippen LogP contribution is -2.37. The number of aliphatic hydroxyl groups excluding tert-OH is 2. The second-order valence-corrected chi connectivity index (χ2v) is 5.22. The number of rotatable bonds is 2. The van der Waals surface area contributed by atoms with Gasteiger partial charge < -0.3 is 14.9 Å². The summed E-state index contributed by atoms with van der Waals surface area (Å²) in [6.45, 7) is 1.27. The predicted molar refractivity (Wildman–Crippen MR) is 65.8 cm³/mol. The predicted octanol–water partition coefficient (Wildman–Crippen LogP) is -1.14. The summed E-state index contributed by atoms with van der Waals surface area (Å²) in [5.74, 6) is 0. The van der Waals surface area contributed by atoms with Crippen LogP contribution in [-0.4, -0.2) is 43.4 Å². The molecule has 1 aliphatic heterocycles. The van der Waals surface area contributed by atoms with Crippen LogP contribution in [0.2, 0.25) is 0 Å². The number of aromatic amines is 1. The summed E-state index contributed by atoms with van der Waals surface area (Å²) in [6, 6.07) is 0. The van der Waals surface area contributed by atoms with Crippen LogP contribution in [0.25, 0.3) is 0 Å². The van der Waals surface area contributed by atoms with E-state index in [1.807, 2.05) is 0 Å². The number of aryl methyl sites for hydroxylation is 1. The van der Waals surface area contributed by atoms with Crippen molar-refractivity contribution in [3.8, 4) is 0 Å². The van der Waals surface area contributed by atoms with Gasteiger partial charge in [-0.25, -0.2) is 4.79 Å². The zero-order chi connectivity index (χ0) is 13.4. The van der Waals surface area contributed by atoms with E-state index in [0.717, 1.165) is 4.57 Å². The number of H-pyrrole nitrogens is 1. The second kappa shape index (κ2) is 4.96. The third-order valence-electron chi connectivity index (χ3n) is 2.89. The van der Waals surface area contributed by atoms with Gasteiger partial charge in [0.15, 0.2) is 6.23 Å². The Morgan fingerprint density at radius 3 is 2.78 bits per heavy atom. The minimum atomic E-state index is -0.995. The molecule has 0 spiro atoms. The summed E-state index contributed by atoms with van der Waals surface area (Å²) in [6.07, 6.45) is -1.21. The average molecular weight is 321 g/mol. The molecule has 8 heteroatoms. The van der Waals surface area contributed by atoms with Crippen molar-refractivity contribution < 1.29 is 14.9 Å². The zero-order valence-electron chi connectivity index (χ0n) is 9.54. The number of hydrogen-bond acceptors (Lipinski definition) is 5. The first kappa shape index (κ1) is 13.5. The van der Waals surface area contributed by atoms with Crippen molar-refractivity contribution in [2.45, 2.75) is 30.2 Å². The Kier molecular flexibility index (Phi) is 3.71. The van der Waals surface area contributed by atoms with Crippen molar-refractivity contribution in [2.75, 3.05) is 6.61 Å². The first-order valence-corrected chi connectivity index (χ1v) is 6.27. The summed E-state index contributed by atoms with van der Waals surface area (Å²) in [7, 11) is 0. The molecule has 18 heavy (non-hydrogen) atoms. The molecule has 0 aromatic carbocycles. The van der Waals surface area contributed by atoms with E-state index in [2.05, 4.69) is 20.9 Å². The Labute approximate surface area is 110 Å². The fourth-order valence-electron chi connectivity index (χ4n) is 1.86. The molecule has 4 atom stereocenters. The van der Waals surface area contributed by atoms with Gasteiger partial charge in [0.1, 0.15) is 6.10 Å². The van der Waals surface area contributed by atoms with Crippen LogP contribution < -0.4 is 11.2 Å². The lowest BCUT2D eigenvalue weighted by atomic mass is 10.2. The van der Waals surface area contributed by atoms with E-state index in [9.17, 15) is 14.7 Å². The fraction of sp³-hybridized carbons (Fsp3) is 0.600. The van der Waals surface area contributed by atoms with Gasteiger partial charge in [-0.2, -0.15) is 0 Å². The number of aromatic nitrogens is 2. The van der Waals surface area contributed by atoms with E-state index in [4.69, 9.17) is 9.84 Å². The Balaban J connectivity index is 2.42. The highest BCUT2D eigenvalue weighted by Crippen LogP contribution is 2.32. The quantitative estimate of drug-likeness (QED) is 0.597. The standard InChI is InChI=1S/C10H13BrN2O5/c1-4-2-13(10(17)12-8(4)16)9-7(15)6(11)5(3-14)18-9/h2,5-7,9,14-15H,3H2,1H3,(H,12,16,17)/t5-,6-,7+,9-/m1/s1. The van der Waals surface area contributed by atoms with Crippen LogP contribution in [-0.2, 0) is 4.74 Å². The zero-order valence-corrected chi connectivity index (χ0v) is 11.1. The van der Waals surface area contributed by atoms with Crippen LogP contribution in [0.5, 0.6) is 0 Å². The molecule has 0 amide bonds. The Morgan fingerprint density at radius 1 is 1.56 bits per heavy atom. The van der Waals surface area contributed by atoms with Gasteiger partial charge in [-0.3, -0.25) is 14.3 Å². The first-order valence-electron chi connectivity index (χ1n) is 5.36. The van der Waals surface area contributed by atoms with Crippen LogP contribution in [0.15, 0.2) is 15.8 Å². The molecule has 0 radical (unpaired) electrons. The summed E-state index contributed by atoms with van der Waals surface area (Å²) in [5, 5.41) is 19.0. The molecule has 2 rings (SSSR count). The van der Waals surface area contributed by atoms with Crippen molar-refractivity contribution in [3.63, 3.8) is 0 Å². The van der Waals surface area contributed by atoms with Crippen molar-refractivity contribution >= 4 is 15.9 Å². The molecule has 1 aromatic heterocycles. The van der Waals surface area contributed by atoms with Gasteiger partial charge in [0.25, 0.3) is 5.56 Å². The van der Waals surface area contributed by atoms with Crippen LogP contribution in [0.4, 0.5) is 0 Å². The Morgan fingerprint density at radius 2 is 2.22 bits per heavy atom. The van der Waals surface area contributed by atoms with Crippen molar-refractivity contribution in [2.24, 2.45) is 0 Å². The van der Waals surface area contributed by atoms with Gasteiger partial charge in [-0.15, -0.1) is 0 Å². The molecule has 0 bridgehead atoms. The lowest BCUT2D eigenvalue weighted by molar-refractivity contribution is -0.0530. The third kappa shape index (κ3) is 2.16. The third-order valence-corrected chi connectivity index (χ3v) is 4.02. The topological polar surface area (TPSA) is 105 Å². The van der Waals surface area contributed by atoms with Gasteiger partial charge in [0, 0.05) is 11.8 Å². The van der Waals surface area contributed by atoms with Gasteiger partial charge in [0.05, 0.1) is 17.5 Å². The maximum absolute atomic E-state index is 11.7. The fourth-order valence-corrected chi connectivity index (χ4v) is 2.41. The van der Waals surface area contributed by atoms with Crippen LogP contribution in [0, 0.1) is 6.92 Å². The van der Waals surface area contributed by atoms with E-state index in [-0.39, 0.29) is 6.61 Å². The summed E-state index contributed by atoms with van der Waals surface area (Å²) < 4.78 is 6.51. The molecule has 1 saturated heterocycles. The van der Waals surface area contributed by atoms with Gasteiger partial charge in [-0.1, -0.05) is 15.9 Å². The maximum Gasteiger partial charge on any atom is 0.330 e. The molecule has 3 N–H and O–H groups in total. The molecule has 1 aliphatic rings. The van der Waals surface area contributed by atoms with Crippen LogP contribution >= 0.6 is 15.9 Å². The van der Waals surface area contributed by atoms with E-state index in [0.29, 0.717) is 5.56 Å². The largest absolute Gasteiger partial charge is 0.394 e. The highest BCUT2D eigenvalue weighted by atomic mass is 79.9. The monoisotopic (exact) mass is 320 g/mol. The highest BCUT2D eigenvalue weighted by molar-refractivity contribution is 9.09. The van der Waals surface area contributed by atoms with Gasteiger partial charge >= 0.3 is 5.69 Å². The molecular weight excluding hydrogens is 308 g/mol. The lowest BCUT2D eigenvalue weighted by Gasteiger charge is -2.17. The molecule has 0 saturated carbocycles. The van der Waals surface area contributed by atoms with Crippen LogP contribution in [0.3, 0.4) is 0 Å². The number of nitrogens with one attached hydrogen (secondary N) is 1. The van der Waals surface area contributed by atoms with Crippen molar-refractivity contribution in [1.82, 2.24) is 9.55 Å². The number of ether oxygens (including phenoxy) is 1. The summed E-state index contributed by atoms with van der Waals surface area (Å²) in [4.78, 5) is 24.6. The molecule has 2 heterocycles. The van der Waals surface area contributed by atoms with E-state index in [1.165, 1.54) is 6.20 Å². The highest BCUT2D eigenvalue weighted by Gasteiger charge is 2.43. The SMILES string of the molecule is Cc1cn([C@@H]2O[C@H](CO)[C@@H](Br)[C@@H]2O)c(=O)[nH]c1=O.